The second kappa shape index (κ2) is 4.81. The summed E-state index contributed by atoms with van der Waals surface area (Å²) in [6.07, 6.45) is 0.837. The number of Topliss-reactive ketones (excluding diaryl/α,β-unsaturated/α-hetero) is 1. The predicted octanol–water partition coefficient (Wildman–Crippen LogP) is 2.32. The Bertz CT molecular complexity index is 435. The lowest BCUT2D eigenvalue weighted by atomic mass is 10.0. The third-order valence-electron chi connectivity index (χ3n) is 2.15. The maximum Gasteiger partial charge on any atom is 0.130 e. The average Bonchev–Trinajstić information content (AvgIpc) is 2.20. The van der Waals surface area contributed by atoms with Gasteiger partial charge in [0.25, 0.3) is 0 Å². The first-order chi connectivity index (χ1) is 7.06. The van der Waals surface area contributed by atoms with E-state index in [0.717, 1.165) is 0 Å². The molecule has 15 heavy (non-hydrogen) atoms. The quantitative estimate of drug-likeness (QED) is 0.798. The van der Waals surface area contributed by atoms with Crippen LogP contribution in [-0.4, -0.2) is 5.78 Å². The van der Waals surface area contributed by atoms with E-state index in [1.165, 1.54) is 6.92 Å². The van der Waals surface area contributed by atoms with Crippen molar-refractivity contribution >= 4 is 23.1 Å². The van der Waals surface area contributed by atoms with Crippen LogP contribution < -0.4 is 5.73 Å². The molecule has 0 saturated heterocycles. The fraction of sp³-hybridized carbons (Fsp3) is 0.273. The lowest BCUT2D eigenvalue weighted by Gasteiger charge is -2.08. The minimum atomic E-state index is 0.0678. The van der Waals surface area contributed by atoms with Crippen LogP contribution in [0, 0.1) is 11.3 Å². The van der Waals surface area contributed by atoms with Crippen LogP contribution in [0.3, 0.4) is 0 Å². The van der Waals surface area contributed by atoms with Gasteiger partial charge in [-0.15, -0.1) is 0 Å². The van der Waals surface area contributed by atoms with Crippen LogP contribution in [0.15, 0.2) is 12.1 Å². The summed E-state index contributed by atoms with van der Waals surface area (Å²) < 4.78 is 0. The summed E-state index contributed by atoms with van der Waals surface area (Å²) in [6.45, 7) is 1.51. The summed E-state index contributed by atoms with van der Waals surface area (Å²) in [5.41, 5.74) is 7.30. The Morgan fingerprint density at radius 1 is 1.60 bits per heavy atom. The van der Waals surface area contributed by atoms with Crippen molar-refractivity contribution in [3.05, 3.63) is 28.3 Å². The van der Waals surface area contributed by atoms with Gasteiger partial charge in [0.2, 0.25) is 0 Å². The van der Waals surface area contributed by atoms with Gasteiger partial charge in [0.05, 0.1) is 22.3 Å². The highest BCUT2D eigenvalue weighted by Gasteiger charge is 2.10. The molecule has 0 aromatic heterocycles. The van der Waals surface area contributed by atoms with E-state index in [9.17, 15) is 4.79 Å². The Morgan fingerprint density at radius 3 is 2.80 bits per heavy atom. The molecule has 0 fully saturated rings. The first-order valence-electron chi connectivity index (χ1n) is 4.52. The van der Waals surface area contributed by atoms with Gasteiger partial charge in [-0.05, 0) is 31.0 Å². The fourth-order valence-corrected chi connectivity index (χ4v) is 1.49. The Kier molecular flexibility index (Phi) is 3.70. The molecule has 0 amide bonds. The third-order valence-corrected chi connectivity index (χ3v) is 2.48. The van der Waals surface area contributed by atoms with Crippen LogP contribution in [0.1, 0.15) is 24.5 Å². The number of hydrogen-bond acceptors (Lipinski definition) is 3. The van der Waals surface area contributed by atoms with Crippen molar-refractivity contribution in [2.75, 3.05) is 5.73 Å². The van der Waals surface area contributed by atoms with Gasteiger partial charge in [0, 0.05) is 6.42 Å². The molecule has 0 saturated carbocycles. The van der Waals surface area contributed by atoms with Crippen LogP contribution in [0.2, 0.25) is 5.02 Å². The van der Waals surface area contributed by atoms with Gasteiger partial charge in [-0.1, -0.05) is 11.6 Å². The number of hydrogen-bond donors (Lipinski definition) is 1. The van der Waals surface area contributed by atoms with Crippen molar-refractivity contribution in [3.63, 3.8) is 0 Å². The van der Waals surface area contributed by atoms with Gasteiger partial charge in [-0.25, -0.2) is 0 Å². The van der Waals surface area contributed by atoms with Gasteiger partial charge in [-0.3, -0.25) is 0 Å². The van der Waals surface area contributed by atoms with E-state index in [2.05, 4.69) is 0 Å². The number of anilines is 1. The molecular formula is C11H11ClN2O. The number of nitriles is 1. The highest BCUT2D eigenvalue weighted by molar-refractivity contribution is 6.33. The molecule has 3 nitrogen and oxygen atoms in total. The molecule has 1 aromatic rings. The van der Waals surface area contributed by atoms with Crippen LogP contribution >= 0.6 is 11.6 Å². The predicted molar refractivity (Wildman–Crippen MR) is 59.6 cm³/mol. The van der Waals surface area contributed by atoms with Crippen LogP contribution in [0.4, 0.5) is 5.69 Å². The Morgan fingerprint density at radius 2 is 2.27 bits per heavy atom. The molecular weight excluding hydrogens is 212 g/mol. The monoisotopic (exact) mass is 222 g/mol. The molecule has 1 aromatic carbocycles. The van der Waals surface area contributed by atoms with Gasteiger partial charge in [0.15, 0.2) is 0 Å². The maximum atomic E-state index is 10.9. The highest BCUT2D eigenvalue weighted by Crippen LogP contribution is 2.26. The lowest BCUT2D eigenvalue weighted by molar-refractivity contribution is -0.116. The van der Waals surface area contributed by atoms with E-state index in [4.69, 9.17) is 22.6 Å². The number of halogens is 1. The summed E-state index contributed by atoms with van der Waals surface area (Å²) >= 11 is 5.84. The molecule has 0 aliphatic heterocycles. The molecule has 1 rings (SSSR count). The molecule has 0 atom stereocenters. The lowest BCUT2D eigenvalue weighted by Crippen LogP contribution is -2.02. The van der Waals surface area contributed by atoms with E-state index in [0.29, 0.717) is 34.7 Å². The van der Waals surface area contributed by atoms with Crippen molar-refractivity contribution in [1.82, 2.24) is 0 Å². The van der Waals surface area contributed by atoms with Gasteiger partial charge in [-0.2, -0.15) is 5.26 Å². The summed E-state index contributed by atoms with van der Waals surface area (Å²) in [5.74, 6) is 0.0678. The minimum absolute atomic E-state index is 0.0678. The molecule has 4 heteroatoms. The van der Waals surface area contributed by atoms with Crippen molar-refractivity contribution in [2.24, 2.45) is 0 Å². The standard InChI is InChI=1S/C11H11ClN2O/c1-7(15)2-4-9-8(6-13)3-5-10(12)11(9)14/h3,5H,2,4,14H2,1H3. The van der Waals surface area contributed by atoms with Gasteiger partial charge < -0.3 is 10.5 Å². The van der Waals surface area contributed by atoms with Crippen molar-refractivity contribution in [1.29, 1.82) is 5.26 Å². The molecule has 0 heterocycles. The largest absolute Gasteiger partial charge is 0.397 e. The third kappa shape index (κ3) is 2.71. The molecule has 0 unspecified atom stereocenters. The number of rotatable bonds is 3. The SMILES string of the molecule is CC(=O)CCc1c(C#N)ccc(Cl)c1N. The second-order valence-electron chi connectivity index (χ2n) is 3.30. The smallest absolute Gasteiger partial charge is 0.130 e. The summed E-state index contributed by atoms with van der Waals surface area (Å²) in [6, 6.07) is 5.25. The average molecular weight is 223 g/mol. The zero-order chi connectivity index (χ0) is 11.4. The zero-order valence-corrected chi connectivity index (χ0v) is 9.14. The summed E-state index contributed by atoms with van der Waals surface area (Å²) in [4.78, 5) is 10.9. The molecule has 0 spiro atoms. The van der Waals surface area contributed by atoms with Crippen LogP contribution in [0.25, 0.3) is 0 Å². The Balaban J connectivity index is 3.08. The van der Waals surface area contributed by atoms with E-state index in [-0.39, 0.29) is 5.78 Å². The number of ketones is 1. The van der Waals surface area contributed by atoms with E-state index < -0.39 is 0 Å². The second-order valence-corrected chi connectivity index (χ2v) is 3.71. The molecule has 0 bridgehead atoms. The van der Waals surface area contributed by atoms with E-state index >= 15 is 0 Å². The maximum absolute atomic E-state index is 10.9. The Labute approximate surface area is 93.5 Å². The number of carbonyl (C=O) groups is 1. The van der Waals surface area contributed by atoms with Crippen molar-refractivity contribution in [2.45, 2.75) is 19.8 Å². The van der Waals surface area contributed by atoms with Crippen molar-refractivity contribution < 1.29 is 4.79 Å². The first-order valence-corrected chi connectivity index (χ1v) is 4.90. The zero-order valence-electron chi connectivity index (χ0n) is 8.38. The minimum Gasteiger partial charge on any atom is -0.397 e. The van der Waals surface area contributed by atoms with Gasteiger partial charge in [0.1, 0.15) is 5.78 Å². The van der Waals surface area contributed by atoms with E-state index in [1.807, 2.05) is 6.07 Å². The molecule has 0 aliphatic carbocycles. The molecule has 78 valence electrons. The number of nitrogen functional groups attached to an aromatic ring is 1. The normalized spacial score (nSPS) is 9.67. The molecule has 0 aliphatic rings. The number of carbonyl (C=O) groups excluding carboxylic acids is 1. The summed E-state index contributed by atoms with van der Waals surface area (Å²) in [5, 5.41) is 9.29. The van der Waals surface area contributed by atoms with E-state index in [1.54, 1.807) is 12.1 Å². The highest BCUT2D eigenvalue weighted by atomic mass is 35.5. The fourth-order valence-electron chi connectivity index (χ4n) is 1.31. The summed E-state index contributed by atoms with van der Waals surface area (Å²) in [7, 11) is 0. The van der Waals surface area contributed by atoms with Crippen molar-refractivity contribution in [3.8, 4) is 6.07 Å². The molecule has 2 N–H and O–H groups in total. The Hall–Kier alpha value is -1.53. The van der Waals surface area contributed by atoms with Crippen LogP contribution in [-0.2, 0) is 11.2 Å². The number of benzene rings is 1. The number of nitrogens with zero attached hydrogens (tertiary/aromatic N) is 1. The molecule has 0 radical (unpaired) electrons. The first kappa shape index (κ1) is 11.5. The topological polar surface area (TPSA) is 66.9 Å². The number of nitrogens with two attached hydrogens (primary N) is 1. The van der Waals surface area contributed by atoms with Gasteiger partial charge >= 0.3 is 0 Å². The van der Waals surface area contributed by atoms with Crippen LogP contribution in [0.5, 0.6) is 0 Å².